The molecule has 7 heteroatoms. The molecule has 7 nitrogen and oxygen atoms in total. The summed E-state index contributed by atoms with van der Waals surface area (Å²) in [5, 5.41) is 8.84. The molecule has 0 radical (unpaired) electrons. The van der Waals surface area contributed by atoms with Gasteiger partial charge in [0.05, 0.1) is 16.7 Å². The first-order valence-electron chi connectivity index (χ1n) is 5.43. The minimum absolute atomic E-state index is 0.0365. The molecule has 0 atom stereocenters. The molecular weight excluding hydrogens is 252 g/mol. The molecule has 19 heavy (non-hydrogen) atoms. The fourth-order valence-electron chi connectivity index (χ4n) is 1.85. The van der Waals surface area contributed by atoms with Crippen molar-refractivity contribution in [2.24, 2.45) is 5.73 Å². The second-order valence-corrected chi connectivity index (χ2v) is 4.04. The van der Waals surface area contributed by atoms with E-state index in [0.717, 1.165) is 11.0 Å². The largest absolute Gasteiger partial charge is 0.478 e. The molecule has 0 aromatic heterocycles. The number of fused-ring (bicyclic) bond motifs is 1. The van der Waals surface area contributed by atoms with E-state index < -0.39 is 23.7 Å². The lowest BCUT2D eigenvalue weighted by Crippen LogP contribution is -2.33. The summed E-state index contributed by atoms with van der Waals surface area (Å²) in [6, 6.07) is 3.70. The number of rotatable bonds is 4. The second-order valence-electron chi connectivity index (χ2n) is 4.04. The Kier molecular flexibility index (Phi) is 3.04. The molecule has 0 saturated carbocycles. The van der Waals surface area contributed by atoms with E-state index >= 15 is 0 Å². The zero-order valence-electron chi connectivity index (χ0n) is 9.75. The van der Waals surface area contributed by atoms with Crippen LogP contribution in [-0.2, 0) is 4.79 Å². The molecule has 1 aliphatic rings. The van der Waals surface area contributed by atoms with Crippen LogP contribution in [0.15, 0.2) is 18.2 Å². The monoisotopic (exact) mass is 262 g/mol. The highest BCUT2D eigenvalue weighted by molar-refractivity contribution is 6.22. The molecule has 0 saturated heterocycles. The number of benzene rings is 1. The van der Waals surface area contributed by atoms with Gasteiger partial charge in [-0.05, 0) is 18.2 Å². The van der Waals surface area contributed by atoms with E-state index in [0.29, 0.717) is 0 Å². The van der Waals surface area contributed by atoms with Crippen LogP contribution in [0.1, 0.15) is 37.5 Å². The lowest BCUT2D eigenvalue weighted by molar-refractivity contribution is -0.118. The number of imide groups is 1. The van der Waals surface area contributed by atoms with Crippen molar-refractivity contribution in [3.8, 4) is 0 Å². The normalized spacial score (nSPS) is 13.6. The summed E-state index contributed by atoms with van der Waals surface area (Å²) in [6.45, 7) is -0.107. The van der Waals surface area contributed by atoms with E-state index in [1.165, 1.54) is 12.1 Å². The Morgan fingerprint density at radius 2 is 1.79 bits per heavy atom. The molecule has 0 aliphatic carbocycles. The van der Waals surface area contributed by atoms with Gasteiger partial charge in [0.2, 0.25) is 5.91 Å². The first-order chi connectivity index (χ1) is 8.91. The Morgan fingerprint density at radius 1 is 1.16 bits per heavy atom. The van der Waals surface area contributed by atoms with Crippen LogP contribution in [0.25, 0.3) is 0 Å². The number of carboxylic acids is 1. The molecule has 0 spiro atoms. The van der Waals surface area contributed by atoms with Crippen LogP contribution in [0.2, 0.25) is 0 Å². The fourth-order valence-corrected chi connectivity index (χ4v) is 1.85. The predicted octanol–water partition coefficient (Wildman–Crippen LogP) is -0.144. The number of amides is 3. The van der Waals surface area contributed by atoms with E-state index in [2.05, 4.69) is 0 Å². The number of hydrogen-bond acceptors (Lipinski definition) is 4. The highest BCUT2D eigenvalue weighted by Gasteiger charge is 2.35. The molecule has 0 unspecified atom stereocenters. The third-order valence-electron chi connectivity index (χ3n) is 2.80. The summed E-state index contributed by atoms with van der Waals surface area (Å²) in [5.41, 5.74) is 5.07. The average molecular weight is 262 g/mol. The first-order valence-corrected chi connectivity index (χ1v) is 5.43. The van der Waals surface area contributed by atoms with E-state index in [-0.39, 0.29) is 29.7 Å². The summed E-state index contributed by atoms with van der Waals surface area (Å²) in [4.78, 5) is 46.2. The third-order valence-corrected chi connectivity index (χ3v) is 2.80. The van der Waals surface area contributed by atoms with Gasteiger partial charge >= 0.3 is 5.97 Å². The highest BCUT2D eigenvalue weighted by Crippen LogP contribution is 2.24. The maximum Gasteiger partial charge on any atom is 0.335 e. The summed E-state index contributed by atoms with van der Waals surface area (Å²) in [6.07, 6.45) is -0.128. The molecule has 3 N–H and O–H groups in total. The molecule has 0 bridgehead atoms. The summed E-state index contributed by atoms with van der Waals surface area (Å²) < 4.78 is 0. The van der Waals surface area contributed by atoms with Crippen molar-refractivity contribution in [3.05, 3.63) is 34.9 Å². The van der Waals surface area contributed by atoms with Gasteiger partial charge in [0.25, 0.3) is 11.8 Å². The molecule has 2 rings (SSSR count). The van der Waals surface area contributed by atoms with Crippen molar-refractivity contribution in [2.75, 3.05) is 6.54 Å². The third kappa shape index (κ3) is 2.17. The van der Waals surface area contributed by atoms with Crippen LogP contribution in [0.3, 0.4) is 0 Å². The van der Waals surface area contributed by atoms with Crippen LogP contribution in [0.4, 0.5) is 0 Å². The van der Waals surface area contributed by atoms with Gasteiger partial charge in [-0.15, -0.1) is 0 Å². The molecule has 0 fully saturated rings. The Balaban J connectivity index is 2.33. The maximum absolute atomic E-state index is 12.0. The maximum atomic E-state index is 12.0. The quantitative estimate of drug-likeness (QED) is 0.732. The Labute approximate surface area is 107 Å². The Bertz CT molecular complexity index is 608. The van der Waals surface area contributed by atoms with Crippen molar-refractivity contribution < 1.29 is 24.3 Å². The van der Waals surface area contributed by atoms with Crippen molar-refractivity contribution >= 4 is 23.7 Å². The van der Waals surface area contributed by atoms with Crippen molar-refractivity contribution in [2.45, 2.75) is 6.42 Å². The lowest BCUT2D eigenvalue weighted by Gasteiger charge is -2.11. The number of nitrogens with zero attached hydrogens (tertiary/aromatic N) is 1. The topological polar surface area (TPSA) is 118 Å². The molecule has 1 aromatic carbocycles. The van der Waals surface area contributed by atoms with E-state index in [4.69, 9.17) is 10.8 Å². The van der Waals surface area contributed by atoms with Crippen molar-refractivity contribution in [1.82, 2.24) is 4.90 Å². The fraction of sp³-hybridized carbons (Fsp3) is 0.167. The predicted molar refractivity (Wildman–Crippen MR) is 62.6 cm³/mol. The average Bonchev–Trinajstić information content (AvgIpc) is 2.59. The molecule has 98 valence electrons. The highest BCUT2D eigenvalue weighted by atomic mass is 16.4. The zero-order chi connectivity index (χ0) is 14.2. The summed E-state index contributed by atoms with van der Waals surface area (Å²) in [5.74, 6) is -2.95. The van der Waals surface area contributed by atoms with E-state index in [9.17, 15) is 19.2 Å². The second kappa shape index (κ2) is 4.52. The van der Waals surface area contributed by atoms with Crippen LogP contribution in [-0.4, -0.2) is 40.2 Å². The smallest absolute Gasteiger partial charge is 0.335 e. The standard InChI is InChI=1S/C12H10N2O5/c13-9(15)3-4-14-10(16)7-2-1-6(12(18)19)5-8(7)11(14)17/h1-2,5H,3-4H2,(H2,13,15)(H,18,19). The first kappa shape index (κ1) is 12.7. The Hall–Kier alpha value is -2.70. The van der Waals surface area contributed by atoms with Crippen LogP contribution in [0, 0.1) is 0 Å². The zero-order valence-corrected chi connectivity index (χ0v) is 9.75. The molecule has 1 aromatic rings. The minimum atomic E-state index is -1.18. The number of aromatic carboxylic acids is 1. The summed E-state index contributed by atoms with van der Waals surface area (Å²) >= 11 is 0. The van der Waals surface area contributed by atoms with Gasteiger partial charge in [-0.3, -0.25) is 19.3 Å². The number of carboxylic acid groups (broad SMARTS) is 1. The minimum Gasteiger partial charge on any atom is -0.478 e. The molecular formula is C12H10N2O5. The van der Waals surface area contributed by atoms with E-state index in [1.807, 2.05) is 0 Å². The van der Waals surface area contributed by atoms with Gasteiger partial charge < -0.3 is 10.8 Å². The van der Waals surface area contributed by atoms with Gasteiger partial charge in [-0.25, -0.2) is 4.79 Å². The number of carbonyl (C=O) groups excluding carboxylic acids is 3. The van der Waals surface area contributed by atoms with Crippen molar-refractivity contribution in [1.29, 1.82) is 0 Å². The van der Waals surface area contributed by atoms with Crippen LogP contribution >= 0.6 is 0 Å². The number of hydrogen-bond donors (Lipinski definition) is 2. The SMILES string of the molecule is NC(=O)CCN1C(=O)c2ccc(C(=O)O)cc2C1=O. The van der Waals surface area contributed by atoms with Crippen LogP contribution < -0.4 is 5.73 Å². The van der Waals surface area contributed by atoms with Crippen LogP contribution in [0.5, 0.6) is 0 Å². The summed E-state index contributed by atoms with van der Waals surface area (Å²) in [7, 11) is 0. The number of nitrogens with two attached hydrogens (primary N) is 1. The number of primary amides is 1. The molecule has 1 aliphatic heterocycles. The van der Waals surface area contributed by atoms with Gasteiger partial charge in [0, 0.05) is 13.0 Å². The number of carbonyl (C=O) groups is 4. The van der Waals surface area contributed by atoms with Gasteiger partial charge in [0.1, 0.15) is 0 Å². The molecule has 3 amide bonds. The Morgan fingerprint density at radius 3 is 2.37 bits per heavy atom. The van der Waals surface area contributed by atoms with Gasteiger partial charge in [-0.2, -0.15) is 0 Å². The molecule has 1 heterocycles. The lowest BCUT2D eigenvalue weighted by atomic mass is 10.1. The van der Waals surface area contributed by atoms with Crippen molar-refractivity contribution in [3.63, 3.8) is 0 Å². The van der Waals surface area contributed by atoms with Gasteiger partial charge in [0.15, 0.2) is 0 Å². The van der Waals surface area contributed by atoms with E-state index in [1.54, 1.807) is 0 Å². The van der Waals surface area contributed by atoms with Gasteiger partial charge in [-0.1, -0.05) is 0 Å².